The molecule has 0 spiro atoms. The third-order valence-electron chi connectivity index (χ3n) is 5.14. The highest BCUT2D eigenvalue weighted by atomic mass is 16.6. The van der Waals surface area contributed by atoms with E-state index in [2.05, 4.69) is 4.90 Å². The Hall–Kier alpha value is -1.99. The molecule has 0 radical (unpaired) electrons. The van der Waals surface area contributed by atoms with Crippen LogP contribution >= 0.6 is 0 Å². The van der Waals surface area contributed by atoms with Crippen LogP contribution in [0.2, 0.25) is 0 Å². The Morgan fingerprint density at radius 1 is 1.33 bits per heavy atom. The summed E-state index contributed by atoms with van der Waals surface area (Å²) >= 11 is 0. The lowest BCUT2D eigenvalue weighted by molar-refractivity contribution is -0.384. The van der Waals surface area contributed by atoms with Crippen molar-refractivity contribution in [2.45, 2.75) is 38.3 Å². The van der Waals surface area contributed by atoms with Crippen LogP contribution in [-0.4, -0.2) is 52.6 Å². The largest absolute Gasteiger partial charge is 0.393 e. The molecule has 7 heteroatoms. The number of aliphatic hydroxyl groups is 1. The number of likely N-dealkylation sites (tertiary alicyclic amines) is 1. The number of carbonyl (C=O) groups is 1. The zero-order valence-corrected chi connectivity index (χ0v) is 13.8. The number of non-ortho nitro benzene ring substituents is 1. The standard InChI is InChI=1S/C17H23N3O4/c1-12(21)13-4-3-8-18(11-13)16-7-9-19(17(16)22)14-5-2-6-15(10-14)20(23)24/h2,5-6,10,12-13,16,21H,3-4,7-9,11H2,1H3. The highest BCUT2D eigenvalue weighted by Gasteiger charge is 2.39. The summed E-state index contributed by atoms with van der Waals surface area (Å²) in [7, 11) is 0. The molecule has 130 valence electrons. The van der Waals surface area contributed by atoms with Crippen LogP contribution in [-0.2, 0) is 4.79 Å². The zero-order valence-electron chi connectivity index (χ0n) is 13.8. The smallest absolute Gasteiger partial charge is 0.271 e. The van der Waals surface area contributed by atoms with E-state index in [0.29, 0.717) is 18.7 Å². The molecule has 1 aromatic carbocycles. The van der Waals surface area contributed by atoms with Crippen LogP contribution in [0.4, 0.5) is 11.4 Å². The van der Waals surface area contributed by atoms with E-state index >= 15 is 0 Å². The second-order valence-corrected chi connectivity index (χ2v) is 6.71. The number of hydrogen-bond donors (Lipinski definition) is 1. The maximum absolute atomic E-state index is 12.8. The van der Waals surface area contributed by atoms with Crippen LogP contribution in [0.25, 0.3) is 0 Å². The number of carbonyl (C=O) groups excluding carboxylic acids is 1. The summed E-state index contributed by atoms with van der Waals surface area (Å²) in [6.07, 6.45) is 2.32. The van der Waals surface area contributed by atoms with Gasteiger partial charge < -0.3 is 10.0 Å². The molecular formula is C17H23N3O4. The molecule has 0 aliphatic carbocycles. The number of anilines is 1. The first-order valence-electron chi connectivity index (χ1n) is 8.45. The van der Waals surface area contributed by atoms with E-state index in [1.54, 1.807) is 24.0 Å². The molecule has 3 atom stereocenters. The molecule has 0 aromatic heterocycles. The maximum atomic E-state index is 12.8. The first kappa shape index (κ1) is 16.9. The van der Waals surface area contributed by atoms with E-state index in [-0.39, 0.29) is 29.7 Å². The molecule has 2 saturated heterocycles. The summed E-state index contributed by atoms with van der Waals surface area (Å²) in [5.41, 5.74) is 0.580. The van der Waals surface area contributed by atoms with Gasteiger partial charge in [-0.3, -0.25) is 19.8 Å². The second-order valence-electron chi connectivity index (χ2n) is 6.71. The number of hydrogen-bond acceptors (Lipinski definition) is 5. The minimum Gasteiger partial charge on any atom is -0.393 e. The lowest BCUT2D eigenvalue weighted by Gasteiger charge is -2.37. The molecule has 1 N–H and O–H groups in total. The Morgan fingerprint density at radius 3 is 2.83 bits per heavy atom. The van der Waals surface area contributed by atoms with Crippen LogP contribution in [0.15, 0.2) is 24.3 Å². The molecule has 2 heterocycles. The summed E-state index contributed by atoms with van der Waals surface area (Å²) in [5, 5.41) is 20.8. The van der Waals surface area contributed by atoms with E-state index in [9.17, 15) is 20.0 Å². The number of nitrogens with zero attached hydrogens (tertiary/aromatic N) is 3. The Kier molecular flexibility index (Phi) is 4.82. The highest BCUT2D eigenvalue weighted by molar-refractivity contribution is 5.99. The fraction of sp³-hybridized carbons (Fsp3) is 0.588. The van der Waals surface area contributed by atoms with Crippen molar-refractivity contribution in [3.8, 4) is 0 Å². The predicted molar refractivity (Wildman–Crippen MR) is 89.8 cm³/mol. The van der Waals surface area contributed by atoms with Gasteiger partial charge in [-0.15, -0.1) is 0 Å². The van der Waals surface area contributed by atoms with Gasteiger partial charge in [-0.2, -0.15) is 0 Å². The molecule has 1 aromatic rings. The predicted octanol–water partition coefficient (Wildman–Crippen LogP) is 1.79. The summed E-state index contributed by atoms with van der Waals surface area (Å²) in [5.74, 6) is 0.208. The summed E-state index contributed by atoms with van der Waals surface area (Å²) in [6, 6.07) is 6.04. The van der Waals surface area contributed by atoms with Gasteiger partial charge in [0.2, 0.25) is 5.91 Å². The Bertz CT molecular complexity index is 634. The van der Waals surface area contributed by atoms with E-state index in [1.165, 1.54) is 12.1 Å². The third-order valence-corrected chi connectivity index (χ3v) is 5.14. The minimum absolute atomic E-state index is 0.00161. The first-order valence-corrected chi connectivity index (χ1v) is 8.45. The lowest BCUT2D eigenvalue weighted by atomic mass is 9.92. The number of nitro groups is 1. The van der Waals surface area contributed by atoms with Gasteiger partial charge in [-0.1, -0.05) is 6.07 Å². The zero-order chi connectivity index (χ0) is 17.3. The molecular weight excluding hydrogens is 310 g/mol. The number of aliphatic hydroxyl groups excluding tert-OH is 1. The molecule has 24 heavy (non-hydrogen) atoms. The molecule has 3 rings (SSSR count). The van der Waals surface area contributed by atoms with Crippen LogP contribution in [0.1, 0.15) is 26.2 Å². The highest BCUT2D eigenvalue weighted by Crippen LogP contribution is 2.30. The Labute approximate surface area is 141 Å². The van der Waals surface area contributed by atoms with Crippen molar-refractivity contribution in [3.63, 3.8) is 0 Å². The number of amides is 1. The van der Waals surface area contributed by atoms with Gasteiger partial charge in [0, 0.05) is 25.2 Å². The lowest BCUT2D eigenvalue weighted by Crippen LogP contribution is -2.48. The monoisotopic (exact) mass is 333 g/mol. The van der Waals surface area contributed by atoms with Gasteiger partial charge in [0.15, 0.2) is 0 Å². The third kappa shape index (κ3) is 3.27. The molecule has 1 amide bonds. The van der Waals surface area contributed by atoms with E-state index in [4.69, 9.17) is 0 Å². The van der Waals surface area contributed by atoms with Crippen molar-refractivity contribution < 1.29 is 14.8 Å². The minimum atomic E-state index is -0.445. The Morgan fingerprint density at radius 2 is 2.12 bits per heavy atom. The average Bonchev–Trinajstić information content (AvgIpc) is 2.96. The van der Waals surface area contributed by atoms with Gasteiger partial charge in [-0.05, 0) is 44.7 Å². The van der Waals surface area contributed by atoms with Crippen molar-refractivity contribution in [1.29, 1.82) is 0 Å². The number of nitro benzene ring substituents is 1. The van der Waals surface area contributed by atoms with Crippen LogP contribution in [0, 0.1) is 16.0 Å². The van der Waals surface area contributed by atoms with E-state index in [1.807, 2.05) is 0 Å². The summed E-state index contributed by atoms with van der Waals surface area (Å²) in [6.45, 7) is 3.97. The molecule has 7 nitrogen and oxygen atoms in total. The normalized spacial score (nSPS) is 26.6. The SMILES string of the molecule is CC(O)C1CCCN(C2CCN(c3cccc([N+](=O)[O-])c3)C2=O)C1. The van der Waals surface area contributed by atoms with Crippen LogP contribution in [0.5, 0.6) is 0 Å². The topological polar surface area (TPSA) is 86.9 Å². The molecule has 3 unspecified atom stereocenters. The van der Waals surface area contributed by atoms with Crippen molar-refractivity contribution in [1.82, 2.24) is 4.90 Å². The van der Waals surface area contributed by atoms with Crippen molar-refractivity contribution in [2.24, 2.45) is 5.92 Å². The van der Waals surface area contributed by atoms with Gasteiger partial charge in [0.05, 0.1) is 22.8 Å². The van der Waals surface area contributed by atoms with E-state index < -0.39 is 4.92 Å². The second kappa shape index (κ2) is 6.86. The van der Waals surface area contributed by atoms with Crippen molar-refractivity contribution in [3.05, 3.63) is 34.4 Å². The molecule has 0 saturated carbocycles. The molecule has 0 bridgehead atoms. The maximum Gasteiger partial charge on any atom is 0.271 e. The number of rotatable bonds is 4. The first-order chi connectivity index (χ1) is 11.5. The van der Waals surface area contributed by atoms with Gasteiger partial charge in [0.1, 0.15) is 0 Å². The summed E-state index contributed by atoms with van der Waals surface area (Å²) < 4.78 is 0. The van der Waals surface area contributed by atoms with Crippen LogP contribution in [0.3, 0.4) is 0 Å². The van der Waals surface area contributed by atoms with E-state index in [0.717, 1.165) is 25.9 Å². The molecule has 2 fully saturated rings. The van der Waals surface area contributed by atoms with Gasteiger partial charge in [-0.25, -0.2) is 0 Å². The van der Waals surface area contributed by atoms with Crippen molar-refractivity contribution in [2.75, 3.05) is 24.5 Å². The van der Waals surface area contributed by atoms with Gasteiger partial charge >= 0.3 is 0 Å². The fourth-order valence-electron chi connectivity index (χ4n) is 3.75. The van der Waals surface area contributed by atoms with Crippen molar-refractivity contribution >= 4 is 17.3 Å². The number of piperidine rings is 1. The fourth-order valence-corrected chi connectivity index (χ4v) is 3.75. The number of benzene rings is 1. The Balaban J connectivity index is 1.73. The van der Waals surface area contributed by atoms with Crippen LogP contribution < -0.4 is 4.90 Å². The average molecular weight is 333 g/mol. The summed E-state index contributed by atoms with van der Waals surface area (Å²) in [4.78, 5) is 27.1. The molecule has 2 aliphatic heterocycles. The molecule has 2 aliphatic rings. The quantitative estimate of drug-likeness (QED) is 0.670. The van der Waals surface area contributed by atoms with Gasteiger partial charge in [0.25, 0.3) is 5.69 Å².